The van der Waals surface area contributed by atoms with Crippen molar-refractivity contribution in [2.45, 2.75) is 19.0 Å². The van der Waals surface area contributed by atoms with Crippen molar-refractivity contribution in [1.29, 1.82) is 0 Å². The Kier molecular flexibility index (Phi) is 4.43. The first-order valence-corrected chi connectivity index (χ1v) is 6.93. The van der Waals surface area contributed by atoms with Crippen LogP contribution in [0.4, 0.5) is 4.39 Å². The lowest BCUT2D eigenvalue weighted by Gasteiger charge is -2.12. The molecule has 0 radical (unpaired) electrons. The van der Waals surface area contributed by atoms with Crippen LogP contribution in [0.15, 0.2) is 23.4 Å². The van der Waals surface area contributed by atoms with E-state index >= 15 is 0 Å². The smallest absolute Gasteiger partial charge is 0.170 e. The van der Waals surface area contributed by atoms with Crippen molar-refractivity contribution in [2.75, 3.05) is 11.5 Å². The van der Waals surface area contributed by atoms with E-state index in [0.717, 1.165) is 17.7 Å². The molecular formula is C12H16FN3OS. The lowest BCUT2D eigenvalue weighted by atomic mass is 10.1. The van der Waals surface area contributed by atoms with Crippen molar-refractivity contribution >= 4 is 17.6 Å². The number of halogens is 1. The summed E-state index contributed by atoms with van der Waals surface area (Å²) in [4.78, 5) is 0. The summed E-state index contributed by atoms with van der Waals surface area (Å²) in [5.41, 5.74) is 6.66. The minimum Gasteiger partial charge on any atom is -0.409 e. The molecule has 4 N–H and O–H groups in total. The fourth-order valence-electron chi connectivity index (χ4n) is 1.92. The van der Waals surface area contributed by atoms with Gasteiger partial charge in [-0.15, -0.1) is 0 Å². The summed E-state index contributed by atoms with van der Waals surface area (Å²) in [5, 5.41) is 14.9. The average Bonchev–Trinajstić information content (AvgIpc) is 2.88. The highest BCUT2D eigenvalue weighted by molar-refractivity contribution is 7.99. The number of rotatable bonds is 4. The Balaban J connectivity index is 2.05. The third-order valence-electron chi connectivity index (χ3n) is 2.89. The molecule has 1 saturated heterocycles. The fourth-order valence-corrected chi connectivity index (χ4v) is 3.10. The van der Waals surface area contributed by atoms with E-state index in [0.29, 0.717) is 18.2 Å². The van der Waals surface area contributed by atoms with Crippen LogP contribution in [-0.2, 0) is 6.54 Å². The molecule has 1 atom stereocenters. The molecule has 4 nitrogen and oxygen atoms in total. The molecule has 1 aliphatic rings. The number of amidine groups is 1. The van der Waals surface area contributed by atoms with E-state index in [1.165, 1.54) is 17.9 Å². The Labute approximate surface area is 109 Å². The van der Waals surface area contributed by atoms with Gasteiger partial charge in [0.15, 0.2) is 5.84 Å². The maximum absolute atomic E-state index is 13.4. The van der Waals surface area contributed by atoms with Crippen molar-refractivity contribution in [3.63, 3.8) is 0 Å². The Hall–Kier alpha value is -1.27. The van der Waals surface area contributed by atoms with Gasteiger partial charge in [-0.1, -0.05) is 5.16 Å². The van der Waals surface area contributed by atoms with Gasteiger partial charge in [-0.3, -0.25) is 0 Å². The van der Waals surface area contributed by atoms with Crippen molar-refractivity contribution in [1.82, 2.24) is 5.32 Å². The summed E-state index contributed by atoms with van der Waals surface area (Å²) in [6, 6.07) is 4.94. The van der Waals surface area contributed by atoms with Gasteiger partial charge >= 0.3 is 0 Å². The zero-order chi connectivity index (χ0) is 13.0. The van der Waals surface area contributed by atoms with Crippen LogP contribution in [0.3, 0.4) is 0 Å². The third-order valence-corrected chi connectivity index (χ3v) is 4.05. The number of benzene rings is 1. The van der Waals surface area contributed by atoms with E-state index in [4.69, 9.17) is 10.9 Å². The van der Waals surface area contributed by atoms with Crippen LogP contribution in [0, 0.1) is 5.82 Å². The zero-order valence-electron chi connectivity index (χ0n) is 9.90. The van der Waals surface area contributed by atoms with Crippen LogP contribution < -0.4 is 11.1 Å². The van der Waals surface area contributed by atoms with Crippen molar-refractivity contribution in [2.24, 2.45) is 10.9 Å². The summed E-state index contributed by atoms with van der Waals surface area (Å²) < 4.78 is 13.4. The van der Waals surface area contributed by atoms with Crippen LogP contribution in [0.25, 0.3) is 0 Å². The van der Waals surface area contributed by atoms with Crippen LogP contribution in [0.5, 0.6) is 0 Å². The standard InChI is InChI=1S/C12H16FN3OS/c13-10-4-8(3-9(5-10)12(14)16-17)6-15-11-1-2-18-7-11/h3-5,11,15,17H,1-2,6-7H2,(H2,14,16). The summed E-state index contributed by atoms with van der Waals surface area (Å²) in [6.45, 7) is 0.592. The van der Waals surface area contributed by atoms with Gasteiger partial charge in [0.05, 0.1) is 0 Å². The van der Waals surface area contributed by atoms with Gasteiger partial charge in [0.1, 0.15) is 5.82 Å². The van der Waals surface area contributed by atoms with Gasteiger partial charge in [0.25, 0.3) is 0 Å². The molecule has 0 bridgehead atoms. The lowest BCUT2D eigenvalue weighted by molar-refractivity contribution is 0.318. The average molecular weight is 269 g/mol. The molecule has 18 heavy (non-hydrogen) atoms. The number of nitrogens with two attached hydrogens (primary N) is 1. The Bertz CT molecular complexity index is 447. The fraction of sp³-hybridized carbons (Fsp3) is 0.417. The second-order valence-electron chi connectivity index (χ2n) is 4.27. The Morgan fingerprint density at radius 1 is 1.56 bits per heavy atom. The van der Waals surface area contributed by atoms with Crippen molar-refractivity contribution in [3.8, 4) is 0 Å². The normalized spacial score (nSPS) is 20.3. The van der Waals surface area contributed by atoms with Crippen LogP contribution in [-0.4, -0.2) is 28.6 Å². The molecule has 1 aromatic carbocycles. The van der Waals surface area contributed by atoms with Gasteiger partial charge in [-0.2, -0.15) is 11.8 Å². The quantitative estimate of drug-likeness (QED) is 0.335. The molecular weight excluding hydrogens is 253 g/mol. The molecule has 0 spiro atoms. The van der Waals surface area contributed by atoms with Crippen LogP contribution in [0.2, 0.25) is 0 Å². The first kappa shape index (κ1) is 13.2. The Morgan fingerprint density at radius 3 is 3.06 bits per heavy atom. The molecule has 1 heterocycles. The summed E-state index contributed by atoms with van der Waals surface area (Å²) in [6.07, 6.45) is 1.15. The van der Waals surface area contributed by atoms with E-state index in [1.807, 2.05) is 11.8 Å². The first-order valence-electron chi connectivity index (χ1n) is 5.77. The summed E-state index contributed by atoms with van der Waals surface area (Å²) in [7, 11) is 0. The summed E-state index contributed by atoms with van der Waals surface area (Å²) in [5.74, 6) is 1.82. The van der Waals surface area contributed by atoms with E-state index in [9.17, 15) is 4.39 Å². The minimum absolute atomic E-state index is 0.0767. The second-order valence-corrected chi connectivity index (χ2v) is 5.42. The molecule has 98 valence electrons. The maximum Gasteiger partial charge on any atom is 0.170 e. The highest BCUT2D eigenvalue weighted by Crippen LogP contribution is 2.18. The molecule has 1 aliphatic heterocycles. The van der Waals surface area contributed by atoms with E-state index in [1.54, 1.807) is 6.07 Å². The number of nitrogens with one attached hydrogen (secondary N) is 1. The number of hydrogen-bond acceptors (Lipinski definition) is 4. The second kappa shape index (κ2) is 6.06. The first-order chi connectivity index (χ1) is 8.69. The van der Waals surface area contributed by atoms with Gasteiger partial charge in [-0.25, -0.2) is 4.39 Å². The number of thioether (sulfide) groups is 1. The molecule has 0 aliphatic carbocycles. The minimum atomic E-state index is -0.378. The van der Waals surface area contributed by atoms with Crippen LogP contribution in [0.1, 0.15) is 17.5 Å². The molecule has 2 rings (SSSR count). The van der Waals surface area contributed by atoms with Gasteiger partial charge in [0, 0.05) is 23.9 Å². The van der Waals surface area contributed by atoms with E-state index in [-0.39, 0.29) is 11.7 Å². The number of nitrogens with zero attached hydrogens (tertiary/aromatic N) is 1. The molecule has 1 unspecified atom stereocenters. The van der Waals surface area contributed by atoms with Crippen molar-refractivity contribution < 1.29 is 9.60 Å². The molecule has 6 heteroatoms. The predicted molar refractivity (Wildman–Crippen MR) is 71.5 cm³/mol. The topological polar surface area (TPSA) is 70.6 Å². The SMILES string of the molecule is N/C(=N/O)c1cc(F)cc(CNC2CCSC2)c1. The van der Waals surface area contributed by atoms with E-state index in [2.05, 4.69) is 10.5 Å². The number of oxime groups is 1. The molecule has 0 amide bonds. The third kappa shape index (κ3) is 3.36. The number of hydrogen-bond donors (Lipinski definition) is 3. The molecule has 0 saturated carbocycles. The highest BCUT2D eigenvalue weighted by atomic mass is 32.2. The molecule has 1 aromatic rings. The Morgan fingerprint density at radius 2 is 2.39 bits per heavy atom. The molecule has 0 aromatic heterocycles. The van der Waals surface area contributed by atoms with Crippen LogP contribution >= 0.6 is 11.8 Å². The largest absolute Gasteiger partial charge is 0.409 e. The monoisotopic (exact) mass is 269 g/mol. The van der Waals surface area contributed by atoms with E-state index < -0.39 is 0 Å². The maximum atomic E-state index is 13.4. The summed E-state index contributed by atoms with van der Waals surface area (Å²) >= 11 is 1.92. The van der Waals surface area contributed by atoms with Gasteiger partial charge in [0.2, 0.25) is 0 Å². The zero-order valence-corrected chi connectivity index (χ0v) is 10.7. The van der Waals surface area contributed by atoms with Crippen molar-refractivity contribution in [3.05, 3.63) is 35.1 Å². The molecule has 1 fully saturated rings. The highest BCUT2D eigenvalue weighted by Gasteiger charge is 2.14. The van der Waals surface area contributed by atoms with Gasteiger partial charge in [-0.05, 0) is 35.9 Å². The lowest BCUT2D eigenvalue weighted by Crippen LogP contribution is -2.28. The van der Waals surface area contributed by atoms with Gasteiger partial charge < -0.3 is 16.3 Å². The predicted octanol–water partition coefficient (Wildman–Crippen LogP) is 1.52.